The van der Waals surface area contributed by atoms with E-state index in [9.17, 15) is 13.2 Å². The van der Waals surface area contributed by atoms with Crippen LogP contribution >= 0.6 is 0 Å². The molecule has 6 nitrogen and oxygen atoms in total. The number of carbonyl (C=O) groups excluding carboxylic acids is 1. The van der Waals surface area contributed by atoms with Crippen LogP contribution in [0.25, 0.3) is 0 Å². The van der Waals surface area contributed by atoms with E-state index in [1.807, 2.05) is 44.2 Å². The number of ether oxygens (including phenoxy) is 1. The van der Waals surface area contributed by atoms with Crippen molar-refractivity contribution < 1.29 is 17.9 Å². The van der Waals surface area contributed by atoms with Crippen LogP contribution in [0.5, 0.6) is 5.75 Å². The molecule has 0 aromatic heterocycles. The fraction of sp³-hybridized carbons (Fsp3) is 0.208. The molecule has 0 aliphatic heterocycles. The molecule has 0 saturated carbocycles. The van der Waals surface area contributed by atoms with E-state index in [2.05, 4.69) is 10.0 Å². The number of nitrogens with one attached hydrogen (secondary N) is 2. The number of amides is 1. The Hall–Kier alpha value is -3.32. The molecule has 0 aliphatic carbocycles. The summed E-state index contributed by atoms with van der Waals surface area (Å²) in [5.41, 5.74) is 4.29. The number of hydrogen-bond acceptors (Lipinski definition) is 4. The summed E-state index contributed by atoms with van der Waals surface area (Å²) in [7, 11) is -2.26. The van der Waals surface area contributed by atoms with E-state index in [0.717, 1.165) is 22.4 Å². The summed E-state index contributed by atoms with van der Waals surface area (Å²) in [6.07, 6.45) is 0. The molecule has 0 saturated heterocycles. The largest absolute Gasteiger partial charge is 0.497 e. The van der Waals surface area contributed by atoms with E-state index in [4.69, 9.17) is 4.74 Å². The molecule has 3 aromatic rings. The molecule has 1 amide bonds. The minimum atomic E-state index is -3.85. The predicted molar refractivity (Wildman–Crippen MR) is 122 cm³/mol. The molecule has 7 heteroatoms. The van der Waals surface area contributed by atoms with Gasteiger partial charge in [0.15, 0.2) is 0 Å². The van der Waals surface area contributed by atoms with Crippen LogP contribution in [0.3, 0.4) is 0 Å². The highest BCUT2D eigenvalue weighted by molar-refractivity contribution is 7.92. The van der Waals surface area contributed by atoms with Crippen molar-refractivity contribution in [1.82, 2.24) is 5.32 Å². The summed E-state index contributed by atoms with van der Waals surface area (Å²) in [4.78, 5) is 12.7. The zero-order chi connectivity index (χ0) is 22.6. The van der Waals surface area contributed by atoms with Gasteiger partial charge in [-0.25, -0.2) is 8.42 Å². The van der Waals surface area contributed by atoms with Gasteiger partial charge in [-0.15, -0.1) is 0 Å². The van der Waals surface area contributed by atoms with Crippen molar-refractivity contribution in [3.63, 3.8) is 0 Å². The Morgan fingerprint density at radius 1 is 0.871 bits per heavy atom. The van der Waals surface area contributed by atoms with E-state index in [1.165, 1.54) is 6.07 Å². The SMILES string of the molecule is COc1ccc(CNC(=O)c2ccc(C)c(S(=O)(=O)Nc3ccc(C)c(C)c3)c2)cc1. The fourth-order valence-corrected chi connectivity index (χ4v) is 4.39. The fourth-order valence-electron chi connectivity index (χ4n) is 3.07. The molecule has 0 unspecified atom stereocenters. The molecule has 0 bridgehead atoms. The maximum Gasteiger partial charge on any atom is 0.262 e. The van der Waals surface area contributed by atoms with Gasteiger partial charge in [0, 0.05) is 17.8 Å². The van der Waals surface area contributed by atoms with Crippen LogP contribution in [-0.2, 0) is 16.6 Å². The highest BCUT2D eigenvalue weighted by atomic mass is 32.2. The van der Waals surface area contributed by atoms with Crippen LogP contribution < -0.4 is 14.8 Å². The molecule has 162 valence electrons. The summed E-state index contributed by atoms with van der Waals surface area (Å²) in [5, 5.41) is 2.82. The van der Waals surface area contributed by atoms with Crippen molar-refractivity contribution in [2.75, 3.05) is 11.8 Å². The van der Waals surface area contributed by atoms with Crippen LogP contribution in [0, 0.1) is 20.8 Å². The van der Waals surface area contributed by atoms with Gasteiger partial charge in [-0.2, -0.15) is 0 Å². The molecule has 0 radical (unpaired) electrons. The minimum absolute atomic E-state index is 0.0721. The molecule has 0 aliphatic rings. The summed E-state index contributed by atoms with van der Waals surface area (Å²) < 4.78 is 33.7. The van der Waals surface area contributed by atoms with Crippen molar-refractivity contribution in [2.45, 2.75) is 32.2 Å². The predicted octanol–water partition coefficient (Wildman–Crippen LogP) is 4.35. The first kappa shape index (κ1) is 22.4. The molecule has 0 heterocycles. The molecule has 0 spiro atoms. The second-order valence-electron chi connectivity index (χ2n) is 7.42. The van der Waals surface area contributed by atoms with Gasteiger partial charge < -0.3 is 10.1 Å². The lowest BCUT2D eigenvalue weighted by molar-refractivity contribution is 0.0950. The van der Waals surface area contributed by atoms with Gasteiger partial charge in [0.25, 0.3) is 15.9 Å². The average molecular weight is 439 g/mol. The van der Waals surface area contributed by atoms with Crippen molar-refractivity contribution >= 4 is 21.6 Å². The van der Waals surface area contributed by atoms with Crippen molar-refractivity contribution in [1.29, 1.82) is 0 Å². The number of rotatable bonds is 7. The van der Waals surface area contributed by atoms with Gasteiger partial charge in [0.05, 0.1) is 12.0 Å². The Morgan fingerprint density at radius 2 is 1.55 bits per heavy atom. The second kappa shape index (κ2) is 9.22. The van der Waals surface area contributed by atoms with Gasteiger partial charge in [-0.3, -0.25) is 9.52 Å². The van der Waals surface area contributed by atoms with Crippen LogP contribution in [0.2, 0.25) is 0 Å². The van der Waals surface area contributed by atoms with Crippen LogP contribution in [0.1, 0.15) is 32.6 Å². The van der Waals surface area contributed by atoms with E-state index < -0.39 is 10.0 Å². The first-order valence-electron chi connectivity index (χ1n) is 9.81. The Labute approximate surface area is 183 Å². The number of benzene rings is 3. The number of methoxy groups -OCH3 is 1. The molecule has 0 atom stereocenters. The summed E-state index contributed by atoms with van der Waals surface area (Å²) in [6.45, 7) is 5.91. The lowest BCUT2D eigenvalue weighted by atomic mass is 10.1. The molecular formula is C24H26N2O4S. The number of carbonyl (C=O) groups is 1. The topological polar surface area (TPSA) is 84.5 Å². The standard InChI is InChI=1S/C24H26N2O4S/c1-16-6-10-21(13-18(16)3)26-31(28,29)23-14-20(9-5-17(23)2)24(27)25-15-19-7-11-22(30-4)12-8-19/h5-14,26H,15H2,1-4H3,(H,25,27). The third-order valence-corrected chi connectivity index (χ3v) is 6.63. The second-order valence-corrected chi connectivity index (χ2v) is 9.07. The highest BCUT2D eigenvalue weighted by Gasteiger charge is 2.19. The molecule has 0 fully saturated rings. The molecule has 2 N–H and O–H groups in total. The van der Waals surface area contributed by atoms with E-state index >= 15 is 0 Å². The average Bonchev–Trinajstić information content (AvgIpc) is 2.75. The third-order valence-electron chi connectivity index (χ3n) is 5.11. The van der Waals surface area contributed by atoms with Crippen LogP contribution in [-0.4, -0.2) is 21.4 Å². The van der Waals surface area contributed by atoms with Gasteiger partial charge in [-0.1, -0.05) is 24.3 Å². The monoisotopic (exact) mass is 438 g/mol. The molecular weight excluding hydrogens is 412 g/mol. The van der Waals surface area contributed by atoms with Crippen molar-refractivity contribution in [2.24, 2.45) is 0 Å². The number of anilines is 1. The number of sulfonamides is 1. The maximum atomic E-state index is 13.0. The normalized spacial score (nSPS) is 11.1. The zero-order valence-electron chi connectivity index (χ0n) is 18.0. The van der Waals surface area contributed by atoms with E-state index in [1.54, 1.807) is 38.3 Å². The highest BCUT2D eigenvalue weighted by Crippen LogP contribution is 2.22. The summed E-state index contributed by atoms with van der Waals surface area (Å²) in [6, 6.07) is 17.4. The first-order chi connectivity index (χ1) is 14.7. The van der Waals surface area contributed by atoms with Gasteiger partial charge in [0.2, 0.25) is 0 Å². The first-order valence-corrected chi connectivity index (χ1v) is 11.3. The Kier molecular flexibility index (Phi) is 6.65. The van der Waals surface area contributed by atoms with Gasteiger partial charge in [-0.05, 0) is 79.4 Å². The van der Waals surface area contributed by atoms with Crippen LogP contribution in [0.15, 0.2) is 65.6 Å². The quantitative estimate of drug-likeness (QED) is 0.574. The Balaban J connectivity index is 1.77. The van der Waals surface area contributed by atoms with E-state index in [0.29, 0.717) is 17.8 Å². The minimum Gasteiger partial charge on any atom is -0.497 e. The van der Waals surface area contributed by atoms with Crippen LogP contribution in [0.4, 0.5) is 5.69 Å². The molecule has 3 aromatic carbocycles. The lowest BCUT2D eigenvalue weighted by Crippen LogP contribution is -2.23. The van der Waals surface area contributed by atoms with Gasteiger partial charge in [0.1, 0.15) is 5.75 Å². The zero-order valence-corrected chi connectivity index (χ0v) is 18.8. The molecule has 3 rings (SSSR count). The lowest BCUT2D eigenvalue weighted by Gasteiger charge is -2.13. The maximum absolute atomic E-state index is 13.0. The molecule has 31 heavy (non-hydrogen) atoms. The number of hydrogen-bond donors (Lipinski definition) is 2. The summed E-state index contributed by atoms with van der Waals surface area (Å²) >= 11 is 0. The number of aryl methyl sites for hydroxylation is 3. The van der Waals surface area contributed by atoms with Crippen molar-refractivity contribution in [3.05, 3.63) is 88.5 Å². The van der Waals surface area contributed by atoms with Crippen molar-refractivity contribution in [3.8, 4) is 5.75 Å². The Bertz CT molecular complexity index is 1200. The smallest absolute Gasteiger partial charge is 0.262 e. The van der Waals surface area contributed by atoms with E-state index in [-0.39, 0.29) is 16.4 Å². The van der Waals surface area contributed by atoms with Gasteiger partial charge >= 0.3 is 0 Å². The summed E-state index contributed by atoms with van der Waals surface area (Å²) in [5.74, 6) is 0.387. The third kappa shape index (κ3) is 5.44. The Morgan fingerprint density at radius 3 is 2.19 bits per heavy atom.